The number of aryl methyl sites for hydroxylation is 1. The Labute approximate surface area is 135 Å². The summed E-state index contributed by atoms with van der Waals surface area (Å²) in [5.74, 6) is 0.303. The van der Waals surface area contributed by atoms with Crippen LogP contribution in [0.5, 0.6) is 0 Å². The van der Waals surface area contributed by atoms with Crippen LogP contribution < -0.4 is 10.6 Å². The SMILES string of the molecule is Cc1ccc(Nc2ccc(C(=O)NC(C)(C)C)nn2)cc1Cl. The van der Waals surface area contributed by atoms with Crippen molar-refractivity contribution in [1.82, 2.24) is 15.5 Å². The average molecular weight is 319 g/mol. The zero-order valence-electron chi connectivity index (χ0n) is 13.1. The Balaban J connectivity index is 2.08. The van der Waals surface area contributed by atoms with E-state index in [2.05, 4.69) is 20.8 Å². The molecule has 0 aliphatic heterocycles. The fourth-order valence-corrected chi connectivity index (χ4v) is 1.92. The second-order valence-electron chi connectivity index (χ2n) is 6.10. The van der Waals surface area contributed by atoms with Gasteiger partial charge in [0.1, 0.15) is 0 Å². The maximum atomic E-state index is 12.0. The summed E-state index contributed by atoms with van der Waals surface area (Å²) >= 11 is 6.08. The third kappa shape index (κ3) is 4.43. The van der Waals surface area contributed by atoms with Crippen LogP contribution in [0.2, 0.25) is 5.02 Å². The van der Waals surface area contributed by atoms with E-state index in [1.165, 1.54) is 0 Å². The first-order valence-electron chi connectivity index (χ1n) is 6.94. The Morgan fingerprint density at radius 3 is 2.41 bits per heavy atom. The lowest BCUT2D eigenvalue weighted by molar-refractivity contribution is 0.0913. The summed E-state index contributed by atoms with van der Waals surface area (Å²) in [4.78, 5) is 12.0. The number of carbonyl (C=O) groups excluding carboxylic acids is 1. The molecule has 0 saturated carbocycles. The van der Waals surface area contributed by atoms with Gasteiger partial charge in [-0.3, -0.25) is 4.79 Å². The molecule has 0 atom stereocenters. The van der Waals surface area contributed by atoms with Crippen LogP contribution in [0.1, 0.15) is 36.8 Å². The first-order valence-corrected chi connectivity index (χ1v) is 7.32. The minimum absolute atomic E-state index is 0.245. The summed E-state index contributed by atoms with van der Waals surface area (Å²) in [5, 5.41) is 14.6. The van der Waals surface area contributed by atoms with Crippen LogP contribution in [0.25, 0.3) is 0 Å². The molecule has 1 amide bonds. The van der Waals surface area contributed by atoms with E-state index in [0.717, 1.165) is 11.3 Å². The van der Waals surface area contributed by atoms with Gasteiger partial charge >= 0.3 is 0 Å². The molecule has 0 fully saturated rings. The van der Waals surface area contributed by atoms with Gasteiger partial charge in [-0.1, -0.05) is 17.7 Å². The average Bonchev–Trinajstić information content (AvgIpc) is 2.42. The number of aromatic nitrogens is 2. The number of benzene rings is 1. The molecule has 0 spiro atoms. The van der Waals surface area contributed by atoms with Crippen LogP contribution in [-0.4, -0.2) is 21.6 Å². The fourth-order valence-electron chi connectivity index (χ4n) is 1.74. The van der Waals surface area contributed by atoms with Crippen molar-refractivity contribution in [2.45, 2.75) is 33.2 Å². The van der Waals surface area contributed by atoms with Gasteiger partial charge in [-0.15, -0.1) is 10.2 Å². The normalized spacial score (nSPS) is 11.1. The third-order valence-corrected chi connectivity index (χ3v) is 3.24. The molecule has 0 saturated heterocycles. The summed E-state index contributed by atoms with van der Waals surface area (Å²) in [7, 11) is 0. The van der Waals surface area contributed by atoms with Crippen molar-refractivity contribution in [3.05, 3.63) is 46.6 Å². The van der Waals surface area contributed by atoms with Gasteiger partial charge in [0.25, 0.3) is 5.91 Å². The Kier molecular flexibility index (Phi) is 4.66. The van der Waals surface area contributed by atoms with Crippen LogP contribution in [0, 0.1) is 6.92 Å². The zero-order chi connectivity index (χ0) is 16.3. The maximum absolute atomic E-state index is 12.0. The van der Waals surface area contributed by atoms with Gasteiger partial charge in [0.15, 0.2) is 11.5 Å². The molecule has 5 nitrogen and oxygen atoms in total. The molecular formula is C16H19ClN4O. The molecule has 0 radical (unpaired) electrons. The molecule has 116 valence electrons. The van der Waals surface area contributed by atoms with Gasteiger partial charge in [0.2, 0.25) is 0 Å². The van der Waals surface area contributed by atoms with E-state index < -0.39 is 0 Å². The van der Waals surface area contributed by atoms with Crippen molar-refractivity contribution in [1.29, 1.82) is 0 Å². The number of rotatable bonds is 3. The highest BCUT2D eigenvalue weighted by Crippen LogP contribution is 2.22. The van der Waals surface area contributed by atoms with Gasteiger partial charge < -0.3 is 10.6 Å². The number of amides is 1. The van der Waals surface area contributed by atoms with Crippen molar-refractivity contribution < 1.29 is 4.79 Å². The van der Waals surface area contributed by atoms with Crippen LogP contribution in [-0.2, 0) is 0 Å². The van der Waals surface area contributed by atoms with E-state index >= 15 is 0 Å². The number of anilines is 2. The van der Waals surface area contributed by atoms with Crippen LogP contribution in [0.3, 0.4) is 0 Å². The van der Waals surface area contributed by atoms with Crippen LogP contribution >= 0.6 is 11.6 Å². The molecule has 0 aliphatic carbocycles. The number of nitrogens with one attached hydrogen (secondary N) is 2. The minimum atomic E-state index is -0.311. The summed E-state index contributed by atoms with van der Waals surface area (Å²) < 4.78 is 0. The molecule has 2 N–H and O–H groups in total. The Morgan fingerprint density at radius 1 is 1.14 bits per heavy atom. The predicted octanol–water partition coefficient (Wildman–Crippen LogP) is 3.71. The lowest BCUT2D eigenvalue weighted by atomic mass is 10.1. The van der Waals surface area contributed by atoms with E-state index in [9.17, 15) is 4.79 Å². The number of halogens is 1. The quantitative estimate of drug-likeness (QED) is 0.905. The Morgan fingerprint density at radius 2 is 1.86 bits per heavy atom. The highest BCUT2D eigenvalue weighted by Gasteiger charge is 2.16. The Hall–Kier alpha value is -2.14. The van der Waals surface area contributed by atoms with E-state index in [1.807, 2.05) is 45.9 Å². The fraction of sp³-hybridized carbons (Fsp3) is 0.312. The van der Waals surface area contributed by atoms with Gasteiger partial charge in [-0.2, -0.15) is 0 Å². The van der Waals surface area contributed by atoms with Crippen molar-refractivity contribution in [3.63, 3.8) is 0 Å². The van der Waals surface area contributed by atoms with E-state index in [4.69, 9.17) is 11.6 Å². The lowest BCUT2D eigenvalue weighted by Gasteiger charge is -2.19. The third-order valence-electron chi connectivity index (χ3n) is 2.83. The molecule has 0 aliphatic rings. The van der Waals surface area contributed by atoms with E-state index in [-0.39, 0.29) is 17.1 Å². The molecule has 2 aromatic rings. The molecule has 0 unspecified atom stereocenters. The topological polar surface area (TPSA) is 66.9 Å². The molecule has 22 heavy (non-hydrogen) atoms. The molecule has 0 bridgehead atoms. The molecule has 6 heteroatoms. The second-order valence-corrected chi connectivity index (χ2v) is 6.50. The first kappa shape index (κ1) is 16.2. The molecule has 1 aromatic carbocycles. The van der Waals surface area contributed by atoms with Crippen LogP contribution in [0.15, 0.2) is 30.3 Å². The highest BCUT2D eigenvalue weighted by molar-refractivity contribution is 6.31. The number of hydrogen-bond donors (Lipinski definition) is 2. The summed E-state index contributed by atoms with van der Waals surface area (Å²) in [6, 6.07) is 8.98. The number of carbonyl (C=O) groups is 1. The molecule has 1 aromatic heterocycles. The molecule has 2 rings (SSSR count). The van der Waals surface area contributed by atoms with Crippen molar-refractivity contribution in [3.8, 4) is 0 Å². The number of hydrogen-bond acceptors (Lipinski definition) is 4. The van der Waals surface area contributed by atoms with Gasteiger partial charge in [-0.25, -0.2) is 0 Å². The van der Waals surface area contributed by atoms with Gasteiger partial charge in [0, 0.05) is 16.2 Å². The summed E-state index contributed by atoms with van der Waals surface area (Å²) in [6.07, 6.45) is 0. The largest absolute Gasteiger partial charge is 0.346 e. The van der Waals surface area contributed by atoms with Crippen molar-refractivity contribution in [2.24, 2.45) is 0 Å². The van der Waals surface area contributed by atoms with Crippen molar-refractivity contribution in [2.75, 3.05) is 5.32 Å². The number of nitrogens with zero attached hydrogens (tertiary/aromatic N) is 2. The smallest absolute Gasteiger partial charge is 0.272 e. The van der Waals surface area contributed by atoms with Crippen LogP contribution in [0.4, 0.5) is 11.5 Å². The monoisotopic (exact) mass is 318 g/mol. The molecule has 1 heterocycles. The highest BCUT2D eigenvalue weighted by atomic mass is 35.5. The van der Waals surface area contributed by atoms with Gasteiger partial charge in [0.05, 0.1) is 0 Å². The van der Waals surface area contributed by atoms with Gasteiger partial charge in [-0.05, 0) is 57.5 Å². The summed E-state index contributed by atoms with van der Waals surface area (Å²) in [6.45, 7) is 7.68. The maximum Gasteiger partial charge on any atom is 0.272 e. The second kappa shape index (κ2) is 6.32. The van der Waals surface area contributed by atoms with E-state index in [0.29, 0.717) is 10.8 Å². The standard InChI is InChI=1S/C16H19ClN4O/c1-10-5-6-11(9-12(10)17)18-14-8-7-13(20-21-14)15(22)19-16(2,3)4/h5-9H,1-4H3,(H,18,21)(H,19,22). The molecular weight excluding hydrogens is 300 g/mol. The summed E-state index contributed by atoms with van der Waals surface area (Å²) in [5.41, 5.74) is 1.79. The minimum Gasteiger partial charge on any atom is -0.346 e. The zero-order valence-corrected chi connectivity index (χ0v) is 13.8. The lowest BCUT2D eigenvalue weighted by Crippen LogP contribution is -2.41. The van der Waals surface area contributed by atoms with Crippen molar-refractivity contribution >= 4 is 29.0 Å². The predicted molar refractivity (Wildman–Crippen MR) is 88.7 cm³/mol. The van der Waals surface area contributed by atoms with E-state index in [1.54, 1.807) is 12.1 Å². The Bertz CT molecular complexity index is 678. The first-order chi connectivity index (χ1) is 10.2.